The lowest BCUT2D eigenvalue weighted by molar-refractivity contribution is -0.145. The van der Waals surface area contributed by atoms with E-state index in [0.717, 1.165) is 12.1 Å². The molecule has 28 heavy (non-hydrogen) atoms. The molecule has 2 N–H and O–H groups in total. The summed E-state index contributed by atoms with van der Waals surface area (Å²) in [6, 6.07) is 3.19. The predicted molar refractivity (Wildman–Crippen MR) is 95.8 cm³/mol. The van der Waals surface area contributed by atoms with Crippen LogP contribution in [-0.4, -0.2) is 50.0 Å². The molecular weight excluding hydrogens is 372 g/mol. The number of halogens is 2. The average Bonchev–Trinajstić information content (AvgIpc) is 2.69. The highest BCUT2D eigenvalue weighted by atomic mass is 19.1. The molecule has 0 aliphatic carbocycles. The standard InChI is InChI=1S/C20H25F2NO5/c21-14-1-2-16(17(22)11-14)20(5-9-28-10-6-20)19(26)23-12-15(18(24)25)13-3-7-27-8-4-13/h1-2,11,13,15H,3-10,12H2,(H,23,26)(H,24,25). The smallest absolute Gasteiger partial charge is 0.308 e. The summed E-state index contributed by atoms with van der Waals surface area (Å²) < 4.78 is 38.5. The van der Waals surface area contributed by atoms with Gasteiger partial charge in [0.1, 0.15) is 11.6 Å². The molecule has 2 aliphatic heterocycles. The molecule has 6 nitrogen and oxygen atoms in total. The highest BCUT2D eigenvalue weighted by molar-refractivity contribution is 5.89. The van der Waals surface area contributed by atoms with Gasteiger partial charge in [-0.15, -0.1) is 0 Å². The first kappa shape index (κ1) is 20.7. The van der Waals surface area contributed by atoms with Crippen molar-refractivity contribution in [2.45, 2.75) is 31.1 Å². The Balaban J connectivity index is 1.78. The van der Waals surface area contributed by atoms with E-state index >= 15 is 0 Å². The van der Waals surface area contributed by atoms with E-state index in [4.69, 9.17) is 9.47 Å². The summed E-state index contributed by atoms with van der Waals surface area (Å²) in [4.78, 5) is 24.8. The van der Waals surface area contributed by atoms with Crippen LogP contribution >= 0.6 is 0 Å². The third-order valence-corrected chi connectivity index (χ3v) is 5.86. The van der Waals surface area contributed by atoms with Gasteiger partial charge in [-0.1, -0.05) is 6.07 Å². The van der Waals surface area contributed by atoms with Gasteiger partial charge in [-0.2, -0.15) is 0 Å². The molecule has 2 saturated heterocycles. The van der Waals surface area contributed by atoms with Crippen LogP contribution in [0, 0.1) is 23.5 Å². The molecule has 2 aliphatic rings. The summed E-state index contributed by atoms with van der Waals surface area (Å²) in [6.07, 6.45) is 1.74. The Bertz CT molecular complexity index is 715. The number of carbonyl (C=O) groups excluding carboxylic acids is 1. The van der Waals surface area contributed by atoms with E-state index in [1.807, 2.05) is 0 Å². The molecule has 1 unspecified atom stereocenters. The second kappa shape index (κ2) is 8.96. The molecule has 8 heteroatoms. The van der Waals surface area contributed by atoms with Crippen molar-refractivity contribution in [1.82, 2.24) is 5.32 Å². The zero-order valence-corrected chi connectivity index (χ0v) is 15.6. The van der Waals surface area contributed by atoms with Crippen LogP contribution in [0.5, 0.6) is 0 Å². The Labute approximate surface area is 162 Å². The zero-order chi connectivity index (χ0) is 20.1. The van der Waals surface area contributed by atoms with Gasteiger partial charge in [-0.05, 0) is 37.7 Å². The Morgan fingerprint density at radius 3 is 2.39 bits per heavy atom. The van der Waals surface area contributed by atoms with E-state index in [1.165, 1.54) is 6.07 Å². The molecule has 0 saturated carbocycles. The first-order valence-corrected chi connectivity index (χ1v) is 9.56. The number of hydrogen-bond acceptors (Lipinski definition) is 4. The highest BCUT2D eigenvalue weighted by Crippen LogP contribution is 2.37. The molecule has 0 spiro atoms. The van der Waals surface area contributed by atoms with Crippen LogP contribution in [0.3, 0.4) is 0 Å². The Hall–Kier alpha value is -2.06. The Morgan fingerprint density at radius 1 is 1.14 bits per heavy atom. The molecule has 1 amide bonds. The minimum Gasteiger partial charge on any atom is -0.481 e. The van der Waals surface area contributed by atoms with Gasteiger partial charge >= 0.3 is 5.97 Å². The van der Waals surface area contributed by atoms with Crippen LogP contribution in [0.1, 0.15) is 31.2 Å². The first-order chi connectivity index (χ1) is 13.4. The molecular formula is C20H25F2NO5. The molecule has 3 rings (SSSR count). The first-order valence-electron chi connectivity index (χ1n) is 9.56. The van der Waals surface area contributed by atoms with Crippen LogP contribution < -0.4 is 5.32 Å². The topological polar surface area (TPSA) is 84.9 Å². The predicted octanol–water partition coefficient (Wildman–Crippen LogP) is 2.26. The van der Waals surface area contributed by atoms with Crippen molar-refractivity contribution >= 4 is 11.9 Å². The van der Waals surface area contributed by atoms with Crippen molar-refractivity contribution in [2.75, 3.05) is 33.0 Å². The second-order valence-corrected chi connectivity index (χ2v) is 7.42. The summed E-state index contributed by atoms with van der Waals surface area (Å²) >= 11 is 0. The molecule has 2 fully saturated rings. The summed E-state index contributed by atoms with van der Waals surface area (Å²) in [5, 5.41) is 12.3. The maximum Gasteiger partial charge on any atom is 0.308 e. The number of nitrogens with one attached hydrogen (secondary N) is 1. The van der Waals surface area contributed by atoms with Crippen molar-refractivity contribution in [3.63, 3.8) is 0 Å². The summed E-state index contributed by atoms with van der Waals surface area (Å²) in [7, 11) is 0. The van der Waals surface area contributed by atoms with Crippen LogP contribution in [0.15, 0.2) is 18.2 Å². The molecule has 1 aromatic carbocycles. The van der Waals surface area contributed by atoms with Crippen molar-refractivity contribution in [1.29, 1.82) is 0 Å². The van der Waals surface area contributed by atoms with Crippen molar-refractivity contribution < 1.29 is 33.0 Å². The normalized spacial score (nSPS) is 21.1. The fraction of sp³-hybridized carbons (Fsp3) is 0.600. The monoisotopic (exact) mass is 397 g/mol. The average molecular weight is 397 g/mol. The maximum absolute atomic E-state index is 14.5. The van der Waals surface area contributed by atoms with Crippen LogP contribution in [0.2, 0.25) is 0 Å². The van der Waals surface area contributed by atoms with Gasteiger partial charge in [0.05, 0.1) is 11.3 Å². The number of ether oxygens (including phenoxy) is 2. The minimum absolute atomic E-state index is 0.0374. The Morgan fingerprint density at radius 2 is 1.79 bits per heavy atom. The molecule has 0 radical (unpaired) electrons. The van der Waals surface area contributed by atoms with Crippen LogP contribution in [0.4, 0.5) is 8.78 Å². The third-order valence-electron chi connectivity index (χ3n) is 5.86. The van der Waals surface area contributed by atoms with Gasteiger partial charge < -0.3 is 19.9 Å². The van der Waals surface area contributed by atoms with Crippen molar-refractivity contribution in [2.24, 2.45) is 11.8 Å². The SMILES string of the molecule is O=C(O)C(CNC(=O)C1(c2ccc(F)cc2F)CCOCC1)C1CCOCC1. The van der Waals surface area contributed by atoms with Gasteiger partial charge in [0, 0.05) is 44.6 Å². The number of carbonyl (C=O) groups is 2. The lowest BCUT2D eigenvalue weighted by atomic mass is 9.73. The zero-order valence-electron chi connectivity index (χ0n) is 15.6. The number of aliphatic carboxylic acids is 1. The van der Waals surface area contributed by atoms with Gasteiger partial charge in [0.2, 0.25) is 5.91 Å². The lowest BCUT2D eigenvalue weighted by Crippen LogP contribution is -2.50. The van der Waals surface area contributed by atoms with E-state index in [1.54, 1.807) is 0 Å². The van der Waals surface area contributed by atoms with E-state index in [9.17, 15) is 23.5 Å². The molecule has 0 bridgehead atoms. The summed E-state index contributed by atoms with van der Waals surface area (Å²) in [5.74, 6) is -3.73. The number of carboxylic acids is 1. The maximum atomic E-state index is 14.5. The summed E-state index contributed by atoms with van der Waals surface area (Å²) in [5.41, 5.74) is -1.08. The van der Waals surface area contributed by atoms with E-state index in [0.29, 0.717) is 26.1 Å². The number of hydrogen-bond donors (Lipinski definition) is 2. The highest BCUT2D eigenvalue weighted by Gasteiger charge is 2.44. The number of carboxylic acid groups (broad SMARTS) is 1. The summed E-state index contributed by atoms with van der Waals surface area (Å²) in [6.45, 7) is 1.51. The Kier molecular flexibility index (Phi) is 6.61. The van der Waals surface area contributed by atoms with Crippen LogP contribution in [-0.2, 0) is 24.5 Å². The number of rotatable bonds is 6. The van der Waals surface area contributed by atoms with Crippen LogP contribution in [0.25, 0.3) is 0 Å². The third kappa shape index (κ3) is 4.33. The molecule has 154 valence electrons. The van der Waals surface area contributed by atoms with E-state index < -0.39 is 34.8 Å². The van der Waals surface area contributed by atoms with Gasteiger partial charge in [-0.3, -0.25) is 9.59 Å². The van der Waals surface area contributed by atoms with E-state index in [2.05, 4.69) is 5.32 Å². The van der Waals surface area contributed by atoms with Gasteiger partial charge in [0.15, 0.2) is 0 Å². The largest absolute Gasteiger partial charge is 0.481 e. The minimum atomic E-state index is -1.20. The molecule has 0 aromatic heterocycles. The molecule has 1 aromatic rings. The number of amides is 1. The van der Waals surface area contributed by atoms with Gasteiger partial charge in [-0.25, -0.2) is 8.78 Å². The molecule has 1 atom stereocenters. The quantitative estimate of drug-likeness (QED) is 0.769. The fourth-order valence-electron chi connectivity index (χ4n) is 4.16. The molecule has 2 heterocycles. The van der Waals surface area contributed by atoms with Crippen molar-refractivity contribution in [3.05, 3.63) is 35.4 Å². The lowest BCUT2D eigenvalue weighted by Gasteiger charge is -2.37. The van der Waals surface area contributed by atoms with E-state index in [-0.39, 0.29) is 44.1 Å². The second-order valence-electron chi connectivity index (χ2n) is 7.42. The fourth-order valence-corrected chi connectivity index (χ4v) is 4.16. The van der Waals surface area contributed by atoms with Crippen molar-refractivity contribution in [3.8, 4) is 0 Å². The van der Waals surface area contributed by atoms with Gasteiger partial charge in [0.25, 0.3) is 0 Å². The number of benzene rings is 1.